The fraction of sp³-hybridized carbons (Fsp3) is 0.750. The summed E-state index contributed by atoms with van der Waals surface area (Å²) in [6, 6.07) is -0.185. The van der Waals surface area contributed by atoms with Crippen LogP contribution in [0, 0.1) is 0 Å². The molecule has 2 rings (SSSR count). The Bertz CT molecular complexity index is 425. The number of methoxy groups -OCH3 is 2. The number of amides is 1. The molecule has 0 aromatic carbocycles. The van der Waals surface area contributed by atoms with Crippen molar-refractivity contribution in [1.82, 2.24) is 19.7 Å². The second kappa shape index (κ2) is 6.78. The summed E-state index contributed by atoms with van der Waals surface area (Å²) in [4.78, 5) is 17.7. The van der Waals surface area contributed by atoms with E-state index in [0.717, 1.165) is 0 Å². The highest BCUT2D eigenvalue weighted by Gasteiger charge is 2.38. The van der Waals surface area contributed by atoms with Gasteiger partial charge in [-0.15, -0.1) is 0 Å². The highest BCUT2D eigenvalue weighted by molar-refractivity contribution is 5.76. The van der Waals surface area contributed by atoms with Gasteiger partial charge in [-0.05, 0) is 0 Å². The zero-order valence-corrected chi connectivity index (χ0v) is 11.9. The molecule has 1 aromatic heterocycles. The van der Waals surface area contributed by atoms with E-state index in [1.807, 2.05) is 0 Å². The SMILES string of the molecule is CO[C@H]1[C@H](N(C)C(=O)Cn2cncn2)COC[C@H]1OC. The average molecular weight is 284 g/mol. The van der Waals surface area contributed by atoms with Crippen molar-refractivity contribution >= 4 is 5.91 Å². The maximum Gasteiger partial charge on any atom is 0.244 e. The van der Waals surface area contributed by atoms with Crippen LogP contribution in [0.2, 0.25) is 0 Å². The third kappa shape index (κ3) is 3.14. The standard InChI is InChI=1S/C12H20N4O4/c1-15(11(17)4-16-8-13-7-14-16)9-5-20-6-10(18-2)12(9)19-3/h7-10,12H,4-6H2,1-3H3/t9-,10-,12+/m1/s1. The molecule has 1 aliphatic heterocycles. The van der Waals surface area contributed by atoms with E-state index in [1.165, 1.54) is 17.3 Å². The first-order valence-electron chi connectivity index (χ1n) is 6.38. The number of hydrogen-bond acceptors (Lipinski definition) is 6. The number of aromatic nitrogens is 3. The Balaban J connectivity index is 2.02. The Labute approximate surface area is 117 Å². The molecule has 1 fully saturated rings. The number of carbonyl (C=O) groups is 1. The van der Waals surface area contributed by atoms with Gasteiger partial charge in [0.2, 0.25) is 5.91 Å². The highest BCUT2D eigenvalue weighted by atomic mass is 16.6. The molecule has 20 heavy (non-hydrogen) atoms. The zero-order chi connectivity index (χ0) is 14.5. The molecule has 1 aliphatic rings. The molecule has 1 amide bonds. The van der Waals surface area contributed by atoms with Gasteiger partial charge in [0, 0.05) is 21.3 Å². The van der Waals surface area contributed by atoms with Gasteiger partial charge in [-0.3, -0.25) is 4.79 Å². The second-order valence-electron chi connectivity index (χ2n) is 4.68. The third-order valence-electron chi connectivity index (χ3n) is 3.55. The lowest BCUT2D eigenvalue weighted by molar-refractivity contribution is -0.165. The van der Waals surface area contributed by atoms with Crippen LogP contribution in [0.3, 0.4) is 0 Å². The lowest BCUT2D eigenvalue weighted by Crippen LogP contribution is -2.58. The van der Waals surface area contributed by atoms with Crippen LogP contribution in [0.4, 0.5) is 0 Å². The van der Waals surface area contributed by atoms with E-state index < -0.39 is 0 Å². The van der Waals surface area contributed by atoms with Crippen molar-refractivity contribution in [2.45, 2.75) is 24.8 Å². The molecule has 0 spiro atoms. The number of nitrogens with zero attached hydrogens (tertiary/aromatic N) is 4. The van der Waals surface area contributed by atoms with Crippen LogP contribution in [-0.4, -0.2) is 78.3 Å². The molecule has 1 aromatic rings. The van der Waals surface area contributed by atoms with Crippen LogP contribution in [0.1, 0.15) is 0 Å². The summed E-state index contributed by atoms with van der Waals surface area (Å²) in [5, 5.41) is 3.92. The van der Waals surface area contributed by atoms with Crippen molar-refractivity contribution in [2.24, 2.45) is 0 Å². The zero-order valence-electron chi connectivity index (χ0n) is 11.9. The van der Waals surface area contributed by atoms with Crippen LogP contribution >= 0.6 is 0 Å². The third-order valence-corrected chi connectivity index (χ3v) is 3.55. The van der Waals surface area contributed by atoms with E-state index in [-0.39, 0.29) is 30.7 Å². The minimum atomic E-state index is -0.210. The Morgan fingerprint density at radius 2 is 2.25 bits per heavy atom. The van der Waals surface area contributed by atoms with E-state index in [9.17, 15) is 4.79 Å². The molecule has 0 N–H and O–H groups in total. The maximum absolute atomic E-state index is 12.3. The van der Waals surface area contributed by atoms with Crippen molar-refractivity contribution in [3.8, 4) is 0 Å². The minimum Gasteiger partial charge on any atom is -0.376 e. The van der Waals surface area contributed by atoms with E-state index in [1.54, 1.807) is 26.2 Å². The lowest BCUT2D eigenvalue weighted by atomic mass is 10.0. The molecule has 0 bridgehead atoms. The van der Waals surface area contributed by atoms with Gasteiger partial charge < -0.3 is 19.1 Å². The topological polar surface area (TPSA) is 78.7 Å². The Hall–Kier alpha value is -1.51. The fourth-order valence-corrected chi connectivity index (χ4v) is 2.34. The van der Waals surface area contributed by atoms with Gasteiger partial charge >= 0.3 is 0 Å². The van der Waals surface area contributed by atoms with E-state index >= 15 is 0 Å². The average Bonchev–Trinajstić information content (AvgIpc) is 2.98. The lowest BCUT2D eigenvalue weighted by Gasteiger charge is -2.40. The molecule has 1 saturated heterocycles. The summed E-state index contributed by atoms with van der Waals surface area (Å²) in [6.45, 7) is 1.04. The second-order valence-corrected chi connectivity index (χ2v) is 4.68. The Kier molecular flexibility index (Phi) is 5.05. The smallest absolute Gasteiger partial charge is 0.244 e. The fourth-order valence-electron chi connectivity index (χ4n) is 2.34. The quantitative estimate of drug-likeness (QED) is 0.702. The normalized spacial score (nSPS) is 26.4. The summed E-state index contributed by atoms with van der Waals surface area (Å²) >= 11 is 0. The van der Waals surface area contributed by atoms with Gasteiger partial charge in [0.25, 0.3) is 0 Å². The number of carbonyl (C=O) groups excluding carboxylic acids is 1. The first kappa shape index (κ1) is 14.9. The van der Waals surface area contributed by atoms with Crippen molar-refractivity contribution in [2.75, 3.05) is 34.5 Å². The van der Waals surface area contributed by atoms with E-state index in [4.69, 9.17) is 14.2 Å². The van der Waals surface area contributed by atoms with Crippen molar-refractivity contribution < 1.29 is 19.0 Å². The molecule has 8 nitrogen and oxygen atoms in total. The van der Waals surface area contributed by atoms with Gasteiger partial charge in [-0.2, -0.15) is 5.10 Å². The minimum absolute atomic E-state index is 0.0806. The predicted molar refractivity (Wildman–Crippen MR) is 69.0 cm³/mol. The molecule has 0 saturated carbocycles. The number of likely N-dealkylation sites (N-methyl/N-ethyl adjacent to an activating group) is 1. The molecule has 0 aliphatic carbocycles. The van der Waals surface area contributed by atoms with Gasteiger partial charge in [-0.1, -0.05) is 0 Å². The predicted octanol–water partition coefficient (Wildman–Crippen LogP) is -0.835. The van der Waals surface area contributed by atoms with Crippen molar-refractivity contribution in [1.29, 1.82) is 0 Å². The van der Waals surface area contributed by atoms with Gasteiger partial charge in [0.15, 0.2) is 0 Å². The molecule has 112 valence electrons. The number of ether oxygens (including phenoxy) is 3. The molecule has 8 heteroatoms. The van der Waals surface area contributed by atoms with Crippen LogP contribution in [0.15, 0.2) is 12.7 Å². The van der Waals surface area contributed by atoms with Crippen molar-refractivity contribution in [3.05, 3.63) is 12.7 Å². The van der Waals surface area contributed by atoms with Gasteiger partial charge in [0.05, 0.1) is 19.3 Å². The summed E-state index contributed by atoms with van der Waals surface area (Å²) < 4.78 is 17.8. The van der Waals surface area contributed by atoms with Gasteiger partial charge in [-0.25, -0.2) is 9.67 Å². The first-order valence-corrected chi connectivity index (χ1v) is 6.38. The molecule has 0 radical (unpaired) electrons. The van der Waals surface area contributed by atoms with Crippen LogP contribution < -0.4 is 0 Å². The molecule has 3 atom stereocenters. The maximum atomic E-state index is 12.3. The van der Waals surface area contributed by atoms with E-state index in [0.29, 0.717) is 13.2 Å². The van der Waals surface area contributed by atoms with Gasteiger partial charge in [0.1, 0.15) is 31.4 Å². The van der Waals surface area contributed by atoms with Crippen LogP contribution in [0.5, 0.6) is 0 Å². The van der Waals surface area contributed by atoms with Crippen molar-refractivity contribution in [3.63, 3.8) is 0 Å². The highest BCUT2D eigenvalue weighted by Crippen LogP contribution is 2.19. The van der Waals surface area contributed by atoms with E-state index in [2.05, 4.69) is 10.1 Å². The summed E-state index contributed by atoms with van der Waals surface area (Å²) in [7, 11) is 4.96. The molecular formula is C12H20N4O4. The Morgan fingerprint density at radius 1 is 1.45 bits per heavy atom. The molecule has 2 heterocycles. The van der Waals surface area contributed by atoms with Crippen LogP contribution in [0.25, 0.3) is 0 Å². The largest absolute Gasteiger partial charge is 0.376 e. The summed E-state index contributed by atoms with van der Waals surface area (Å²) in [5.74, 6) is -0.0806. The first-order chi connectivity index (χ1) is 9.67. The summed E-state index contributed by atoms with van der Waals surface area (Å²) in [5.41, 5.74) is 0. The Morgan fingerprint density at radius 3 is 2.85 bits per heavy atom. The molecular weight excluding hydrogens is 264 g/mol. The molecule has 0 unspecified atom stereocenters. The number of hydrogen-bond donors (Lipinski definition) is 0. The summed E-state index contributed by atoms with van der Waals surface area (Å²) in [6.07, 6.45) is 2.52. The monoisotopic (exact) mass is 284 g/mol. The van der Waals surface area contributed by atoms with Crippen LogP contribution in [-0.2, 0) is 25.5 Å². The number of rotatable bonds is 5.